The van der Waals surface area contributed by atoms with Gasteiger partial charge in [0.2, 0.25) is 0 Å². The van der Waals surface area contributed by atoms with Crippen molar-refractivity contribution in [3.8, 4) is 44.5 Å². The van der Waals surface area contributed by atoms with Gasteiger partial charge in [0.25, 0.3) is 0 Å². The highest BCUT2D eigenvalue weighted by molar-refractivity contribution is 7.26. The van der Waals surface area contributed by atoms with Gasteiger partial charge in [-0.1, -0.05) is 311 Å². The number of anilines is 6. The predicted molar refractivity (Wildman–Crippen MR) is 488 cm³/mol. The zero-order chi connectivity index (χ0) is 76.1. The van der Waals surface area contributed by atoms with E-state index in [0.29, 0.717) is 0 Å². The first-order valence-corrected chi connectivity index (χ1v) is 41.3. The zero-order valence-corrected chi connectivity index (χ0v) is 64.8. The van der Waals surface area contributed by atoms with Crippen LogP contribution in [-0.2, 0) is 16.2 Å². The molecule has 0 unspecified atom stereocenters. The van der Waals surface area contributed by atoms with Crippen LogP contribution in [0.15, 0.2) is 393 Å². The first-order chi connectivity index (χ1) is 56.8. The third kappa shape index (κ3) is 10.0. The van der Waals surface area contributed by atoms with Crippen LogP contribution in [0.3, 0.4) is 0 Å². The van der Waals surface area contributed by atoms with Crippen LogP contribution in [0.1, 0.15) is 69.5 Å². The van der Waals surface area contributed by atoms with E-state index in [2.05, 4.69) is 400 Å². The molecular weight excluding hydrogens is 1430 g/mol. The van der Waals surface area contributed by atoms with Gasteiger partial charge >= 0.3 is 0 Å². The van der Waals surface area contributed by atoms with Crippen LogP contribution < -0.4 is 16.0 Å². The second kappa shape index (κ2) is 26.1. The van der Waals surface area contributed by atoms with E-state index in [4.69, 9.17) is 4.42 Å². The van der Waals surface area contributed by atoms with Gasteiger partial charge in [0.1, 0.15) is 11.2 Å². The molecule has 0 saturated heterocycles. The minimum absolute atomic E-state index is 0.0513. The third-order valence-corrected chi connectivity index (χ3v) is 27.3. The fraction of sp³-hybridized carbons (Fsp3) is 0.0459. The molecule has 0 fully saturated rings. The van der Waals surface area contributed by atoms with E-state index < -0.39 is 5.41 Å². The number of furan rings is 1. The Kier molecular flexibility index (Phi) is 15.2. The first kappa shape index (κ1) is 66.9. The molecule has 0 atom stereocenters. The van der Waals surface area contributed by atoms with Crippen molar-refractivity contribution in [1.29, 1.82) is 0 Å². The molecule has 0 aliphatic heterocycles. The van der Waals surface area contributed by atoms with Crippen LogP contribution in [-0.4, -0.2) is 0 Å². The molecule has 21 aromatic rings. The van der Waals surface area contributed by atoms with E-state index in [1.54, 1.807) is 0 Å². The average molecular weight is 1500 g/mol. The fourth-order valence-electron chi connectivity index (χ4n) is 20.3. The van der Waals surface area contributed by atoms with Gasteiger partial charge in [0, 0.05) is 90.7 Å². The Labute approximate surface area is 674 Å². The topological polar surface area (TPSA) is 49.2 Å². The number of hydrogen-bond donors (Lipinski definition) is 3. The fourth-order valence-corrected chi connectivity index (χ4v) is 22.6. The molecule has 4 aliphatic carbocycles. The molecule has 3 aromatic heterocycles. The van der Waals surface area contributed by atoms with Gasteiger partial charge in [-0.25, -0.2) is 0 Å². The quantitative estimate of drug-likeness (QED) is 0.142. The lowest BCUT2D eigenvalue weighted by Gasteiger charge is -2.34. The Morgan fingerprint density at radius 2 is 0.670 bits per heavy atom. The Morgan fingerprint density at radius 1 is 0.243 bits per heavy atom. The highest BCUT2D eigenvalue weighted by atomic mass is 32.1. The summed E-state index contributed by atoms with van der Waals surface area (Å²) in [5.74, 6) is 0. The number of fused-ring (bicyclic) bond motifs is 28. The van der Waals surface area contributed by atoms with E-state index in [-0.39, 0.29) is 10.8 Å². The first-order valence-electron chi connectivity index (χ1n) is 39.7. The summed E-state index contributed by atoms with van der Waals surface area (Å²) in [5.41, 5.74) is 31.6. The maximum Gasteiger partial charge on any atom is 0.137 e. The van der Waals surface area contributed by atoms with E-state index in [9.17, 15) is 0 Å². The summed E-state index contributed by atoms with van der Waals surface area (Å²) in [6.45, 7) is 4.72. The number of rotatable bonds is 8. The molecule has 6 heteroatoms. The maximum atomic E-state index is 6.24. The van der Waals surface area contributed by atoms with Crippen molar-refractivity contribution < 1.29 is 4.42 Å². The van der Waals surface area contributed by atoms with Gasteiger partial charge in [-0.15, -0.1) is 22.7 Å². The van der Waals surface area contributed by atoms with Crippen molar-refractivity contribution in [2.45, 2.75) is 30.1 Å². The van der Waals surface area contributed by atoms with Crippen LogP contribution in [0.2, 0.25) is 0 Å². The summed E-state index contributed by atoms with van der Waals surface area (Å²) in [4.78, 5) is 0. The molecule has 1 spiro atoms. The predicted octanol–water partition coefficient (Wildman–Crippen LogP) is 30.2. The highest BCUT2D eigenvalue weighted by Gasteiger charge is 2.53. The second-order valence-corrected chi connectivity index (χ2v) is 33.5. The summed E-state index contributed by atoms with van der Waals surface area (Å²) in [7, 11) is 0. The van der Waals surface area contributed by atoms with Crippen molar-refractivity contribution in [3.05, 3.63) is 444 Å². The molecule has 4 nitrogen and oxygen atoms in total. The van der Waals surface area contributed by atoms with Gasteiger partial charge in [-0.2, -0.15) is 0 Å². The Bertz CT molecular complexity index is 7480. The molecular formula is C109H73N3OS2. The molecule has 0 amide bonds. The molecule has 18 aromatic carbocycles. The third-order valence-electron chi connectivity index (χ3n) is 25.0. The van der Waals surface area contributed by atoms with E-state index in [1.807, 2.05) is 40.9 Å². The number of hydrogen-bond acceptors (Lipinski definition) is 6. The molecule has 0 bridgehead atoms. The van der Waals surface area contributed by atoms with Crippen LogP contribution in [0.25, 0.3) is 128 Å². The van der Waals surface area contributed by atoms with E-state index in [1.165, 1.54) is 168 Å². The normalized spacial score (nSPS) is 13.7. The van der Waals surface area contributed by atoms with Gasteiger partial charge < -0.3 is 20.4 Å². The highest BCUT2D eigenvalue weighted by Crippen LogP contribution is 2.65. The van der Waals surface area contributed by atoms with Crippen molar-refractivity contribution in [3.63, 3.8) is 0 Å². The molecule has 3 N–H and O–H groups in total. The smallest absolute Gasteiger partial charge is 0.137 e. The molecule has 0 saturated carbocycles. The van der Waals surface area contributed by atoms with Crippen molar-refractivity contribution in [2.75, 3.05) is 16.0 Å². The lowest BCUT2D eigenvalue weighted by molar-refractivity contribution is 0.666. The van der Waals surface area contributed by atoms with Gasteiger partial charge in [0.15, 0.2) is 0 Å². The van der Waals surface area contributed by atoms with Gasteiger partial charge in [0.05, 0.1) is 21.9 Å². The Hall–Kier alpha value is -13.9. The minimum Gasteiger partial charge on any atom is -0.456 e. The lowest BCUT2D eigenvalue weighted by Crippen LogP contribution is -2.28. The van der Waals surface area contributed by atoms with Crippen LogP contribution in [0.4, 0.5) is 34.1 Å². The molecule has 3 heterocycles. The monoisotopic (exact) mass is 1500 g/mol. The molecule has 0 radical (unpaired) electrons. The standard InChI is InChI=1S/C41H27NO.C37H23NS.C31H23NS/c1-3-15-29(16-4-1)41(30-17-5-2-6-18-30)33-20-11-21-35(39(33)32-25-27-13-7-8-14-28(27)26-34(32)41)42-36-22-12-24-38-40(36)31-19-9-10-23-37(31)43-38;1-5-15-27-23(11-1)24-12-2-6-16-28(24)37(27)29-17-7-3-13-25(29)35-30(37)18-9-19-31(35)38-32-20-10-22-34-36(32)26-14-4-8-21-33(26)39-34;1-31(2)25-18-20(15-17-22(25)23-16-14-19-8-3-4-9-21(19)30(23)31)32-26-11-7-13-28-29(26)24-10-5-6-12-27(24)33-28/h1-26,42H;1-22,38H;3-18,32H,1-2H3. The van der Waals surface area contributed by atoms with E-state index >= 15 is 0 Å². The summed E-state index contributed by atoms with van der Waals surface area (Å²) in [6, 6.07) is 141. The number of nitrogens with one attached hydrogen (secondary N) is 3. The molecule has 542 valence electrons. The average Bonchev–Trinajstić information content (AvgIpc) is 1.51. The largest absolute Gasteiger partial charge is 0.456 e. The minimum atomic E-state index is -0.469. The SMILES string of the molecule is CC1(C)c2cc(Nc3cccc4sc5ccccc5c34)ccc2-c2ccc3ccccc3c21.c1ccc(C2(c3ccccc3)c3cc4ccccc4cc3-c3c(Nc4cccc5oc6ccccc6c45)cccc32)cc1.c1ccc2c(c1)-c1ccccc1C21c2ccccc2-c2c(Nc3cccc4sc5ccccc5c34)cccc21. The van der Waals surface area contributed by atoms with Gasteiger partial charge in [-0.3, -0.25) is 0 Å². The summed E-state index contributed by atoms with van der Waals surface area (Å²) in [6.07, 6.45) is 0. The zero-order valence-electron chi connectivity index (χ0n) is 63.2. The number of thiophene rings is 2. The number of para-hydroxylation sites is 1. The van der Waals surface area contributed by atoms with Crippen molar-refractivity contribution in [2.24, 2.45) is 0 Å². The Balaban J connectivity index is 0.000000103. The van der Waals surface area contributed by atoms with Crippen LogP contribution in [0, 0.1) is 0 Å². The number of benzene rings is 18. The summed E-state index contributed by atoms with van der Waals surface area (Å²) >= 11 is 3.72. The van der Waals surface area contributed by atoms with Crippen molar-refractivity contribution >= 4 is 141 Å². The Morgan fingerprint density at radius 3 is 1.30 bits per heavy atom. The summed E-state index contributed by atoms with van der Waals surface area (Å²) < 4.78 is 11.5. The molecule has 25 rings (SSSR count). The van der Waals surface area contributed by atoms with E-state index in [0.717, 1.165) is 50.4 Å². The second-order valence-electron chi connectivity index (χ2n) is 31.4. The molecule has 4 aliphatic rings. The lowest BCUT2D eigenvalue weighted by atomic mass is 9.67. The summed E-state index contributed by atoms with van der Waals surface area (Å²) in [5, 5.41) is 24.2. The van der Waals surface area contributed by atoms with Crippen molar-refractivity contribution in [1.82, 2.24) is 0 Å². The maximum absolute atomic E-state index is 6.24. The van der Waals surface area contributed by atoms with Crippen LogP contribution in [0.5, 0.6) is 0 Å². The van der Waals surface area contributed by atoms with Gasteiger partial charge in [-0.05, 0) is 202 Å². The molecule has 115 heavy (non-hydrogen) atoms. The van der Waals surface area contributed by atoms with Crippen LogP contribution >= 0.6 is 22.7 Å².